The third-order valence-electron chi connectivity index (χ3n) is 2.98. The van der Waals surface area contributed by atoms with E-state index in [4.69, 9.17) is 5.84 Å². The first-order chi connectivity index (χ1) is 9.02. The van der Waals surface area contributed by atoms with Crippen LogP contribution >= 0.6 is 0 Å². The second-order valence-electron chi connectivity index (χ2n) is 4.27. The molecular weight excluding hydrogens is 253 g/mol. The van der Waals surface area contributed by atoms with Crippen LogP contribution in [0.4, 0.5) is 13.2 Å². The van der Waals surface area contributed by atoms with Crippen LogP contribution in [0.15, 0.2) is 36.4 Å². The monoisotopic (exact) mass is 266 g/mol. The predicted octanol–water partition coefficient (Wildman–Crippen LogP) is 2.97. The van der Waals surface area contributed by atoms with Crippen LogP contribution in [-0.4, -0.2) is 0 Å². The van der Waals surface area contributed by atoms with Gasteiger partial charge in [0.15, 0.2) is 0 Å². The quantitative estimate of drug-likeness (QED) is 0.662. The Hall–Kier alpha value is -1.85. The van der Waals surface area contributed by atoms with Gasteiger partial charge in [-0.25, -0.2) is 18.6 Å². The summed E-state index contributed by atoms with van der Waals surface area (Å²) in [4.78, 5) is 0. The van der Waals surface area contributed by atoms with Crippen molar-refractivity contribution in [2.24, 2.45) is 5.84 Å². The maximum atomic E-state index is 13.8. The number of hydrogen-bond acceptors (Lipinski definition) is 2. The summed E-state index contributed by atoms with van der Waals surface area (Å²) in [6, 6.07) is 6.73. The molecule has 2 aromatic carbocycles. The Labute approximate surface area is 109 Å². The summed E-state index contributed by atoms with van der Waals surface area (Å²) in [6.45, 7) is 1.70. The predicted molar refractivity (Wildman–Crippen MR) is 66.7 cm³/mol. The van der Waals surface area contributed by atoms with E-state index in [9.17, 15) is 13.2 Å². The fraction of sp³-hybridized carbons (Fsp3) is 0.143. The van der Waals surface area contributed by atoms with Gasteiger partial charge in [0, 0.05) is 11.6 Å². The van der Waals surface area contributed by atoms with Gasteiger partial charge in [0.25, 0.3) is 0 Å². The summed E-state index contributed by atoms with van der Waals surface area (Å²) in [5.41, 5.74) is 3.94. The fourth-order valence-electron chi connectivity index (χ4n) is 2.05. The maximum absolute atomic E-state index is 13.8. The average molecular weight is 266 g/mol. The number of hydrazine groups is 1. The first-order valence-corrected chi connectivity index (χ1v) is 5.70. The molecule has 0 aliphatic heterocycles. The minimum absolute atomic E-state index is 0.207. The second-order valence-corrected chi connectivity index (χ2v) is 4.27. The topological polar surface area (TPSA) is 38.0 Å². The molecule has 3 N–H and O–H groups in total. The normalized spacial score (nSPS) is 12.5. The molecule has 5 heteroatoms. The van der Waals surface area contributed by atoms with Crippen molar-refractivity contribution in [1.82, 2.24) is 5.43 Å². The largest absolute Gasteiger partial charge is 0.271 e. The van der Waals surface area contributed by atoms with Crippen LogP contribution in [-0.2, 0) is 0 Å². The van der Waals surface area contributed by atoms with Crippen LogP contribution < -0.4 is 11.3 Å². The number of benzene rings is 2. The number of rotatable bonds is 3. The highest BCUT2D eigenvalue weighted by Crippen LogP contribution is 2.27. The van der Waals surface area contributed by atoms with Gasteiger partial charge in [-0.2, -0.15) is 0 Å². The molecule has 0 aliphatic carbocycles. The van der Waals surface area contributed by atoms with Crippen molar-refractivity contribution < 1.29 is 13.2 Å². The molecule has 0 saturated heterocycles. The summed E-state index contributed by atoms with van der Waals surface area (Å²) in [6.07, 6.45) is 0. The van der Waals surface area contributed by atoms with E-state index in [-0.39, 0.29) is 11.4 Å². The lowest BCUT2D eigenvalue weighted by atomic mass is 9.95. The van der Waals surface area contributed by atoms with Crippen molar-refractivity contribution in [3.63, 3.8) is 0 Å². The Balaban J connectivity index is 2.50. The van der Waals surface area contributed by atoms with E-state index in [0.29, 0.717) is 11.1 Å². The van der Waals surface area contributed by atoms with Gasteiger partial charge in [-0.15, -0.1) is 0 Å². The summed E-state index contributed by atoms with van der Waals surface area (Å²) < 4.78 is 39.8. The Morgan fingerprint density at radius 1 is 0.947 bits per heavy atom. The van der Waals surface area contributed by atoms with Crippen LogP contribution in [0.1, 0.15) is 22.7 Å². The molecule has 0 aliphatic rings. The van der Waals surface area contributed by atoms with E-state index in [0.717, 1.165) is 12.1 Å². The zero-order chi connectivity index (χ0) is 14.0. The molecule has 0 radical (unpaired) electrons. The standard InChI is InChI=1S/C14H13F3N2/c1-8-6-9(15)2-4-11(8)14(19-18)12-5-3-10(16)7-13(12)17/h2-7,14,19H,18H2,1H3. The lowest BCUT2D eigenvalue weighted by Gasteiger charge is -2.19. The molecule has 0 spiro atoms. The van der Waals surface area contributed by atoms with Gasteiger partial charge < -0.3 is 0 Å². The molecule has 19 heavy (non-hydrogen) atoms. The van der Waals surface area contributed by atoms with E-state index in [2.05, 4.69) is 5.43 Å². The van der Waals surface area contributed by atoms with Crippen molar-refractivity contribution in [3.05, 3.63) is 70.5 Å². The Morgan fingerprint density at radius 2 is 1.53 bits per heavy atom. The van der Waals surface area contributed by atoms with E-state index < -0.39 is 17.7 Å². The molecule has 0 heterocycles. The molecule has 100 valence electrons. The molecule has 2 rings (SSSR count). The number of hydrogen-bond donors (Lipinski definition) is 2. The van der Waals surface area contributed by atoms with Crippen LogP contribution in [0.3, 0.4) is 0 Å². The van der Waals surface area contributed by atoms with Crippen molar-refractivity contribution in [2.45, 2.75) is 13.0 Å². The van der Waals surface area contributed by atoms with Crippen molar-refractivity contribution in [1.29, 1.82) is 0 Å². The average Bonchev–Trinajstić information content (AvgIpc) is 2.34. The van der Waals surface area contributed by atoms with E-state index in [1.807, 2.05) is 0 Å². The smallest absolute Gasteiger partial charge is 0.131 e. The first-order valence-electron chi connectivity index (χ1n) is 5.70. The highest BCUT2D eigenvalue weighted by atomic mass is 19.1. The van der Waals surface area contributed by atoms with Gasteiger partial charge in [0.05, 0.1) is 6.04 Å². The first kappa shape index (κ1) is 13.6. The molecule has 2 nitrogen and oxygen atoms in total. The number of aryl methyl sites for hydroxylation is 1. The Morgan fingerprint density at radius 3 is 2.05 bits per heavy atom. The molecule has 0 aromatic heterocycles. The highest BCUT2D eigenvalue weighted by molar-refractivity contribution is 5.37. The van der Waals surface area contributed by atoms with Crippen LogP contribution in [0, 0.1) is 24.4 Å². The maximum Gasteiger partial charge on any atom is 0.131 e. The minimum Gasteiger partial charge on any atom is -0.271 e. The molecular formula is C14H13F3N2. The molecule has 2 aromatic rings. The van der Waals surface area contributed by atoms with Gasteiger partial charge >= 0.3 is 0 Å². The molecule has 1 unspecified atom stereocenters. The van der Waals surface area contributed by atoms with E-state index in [1.54, 1.807) is 6.92 Å². The molecule has 0 saturated carbocycles. The molecule has 1 atom stereocenters. The fourth-order valence-corrected chi connectivity index (χ4v) is 2.05. The lowest BCUT2D eigenvalue weighted by molar-refractivity contribution is 0.540. The van der Waals surface area contributed by atoms with Crippen LogP contribution in [0.25, 0.3) is 0 Å². The van der Waals surface area contributed by atoms with Crippen LogP contribution in [0.2, 0.25) is 0 Å². The highest BCUT2D eigenvalue weighted by Gasteiger charge is 2.19. The summed E-state index contributed by atoms with van der Waals surface area (Å²) in [5, 5.41) is 0. The van der Waals surface area contributed by atoms with Gasteiger partial charge in [-0.3, -0.25) is 5.84 Å². The molecule has 0 amide bonds. The van der Waals surface area contributed by atoms with Gasteiger partial charge in [0.1, 0.15) is 17.5 Å². The second kappa shape index (κ2) is 5.42. The third-order valence-corrected chi connectivity index (χ3v) is 2.98. The van der Waals surface area contributed by atoms with E-state index in [1.165, 1.54) is 24.3 Å². The number of nitrogens with two attached hydrogens (primary N) is 1. The van der Waals surface area contributed by atoms with E-state index >= 15 is 0 Å². The Bertz CT molecular complexity index is 548. The van der Waals surface area contributed by atoms with Crippen molar-refractivity contribution in [3.8, 4) is 0 Å². The molecule has 0 fully saturated rings. The van der Waals surface area contributed by atoms with Crippen molar-refractivity contribution >= 4 is 0 Å². The number of nitrogens with one attached hydrogen (secondary N) is 1. The SMILES string of the molecule is Cc1cc(F)ccc1C(NN)c1ccc(F)cc1F. The van der Waals surface area contributed by atoms with Crippen molar-refractivity contribution in [2.75, 3.05) is 0 Å². The van der Waals surface area contributed by atoms with Gasteiger partial charge in [0.2, 0.25) is 0 Å². The lowest BCUT2D eigenvalue weighted by Crippen LogP contribution is -2.30. The minimum atomic E-state index is -0.702. The van der Waals surface area contributed by atoms with Gasteiger partial charge in [-0.05, 0) is 36.2 Å². The Kier molecular flexibility index (Phi) is 3.87. The summed E-state index contributed by atoms with van der Waals surface area (Å²) in [5.74, 6) is 3.71. The summed E-state index contributed by atoms with van der Waals surface area (Å²) in [7, 11) is 0. The number of halogens is 3. The zero-order valence-corrected chi connectivity index (χ0v) is 10.3. The third kappa shape index (κ3) is 2.77. The molecule has 0 bridgehead atoms. The summed E-state index contributed by atoms with van der Waals surface area (Å²) >= 11 is 0. The van der Waals surface area contributed by atoms with Gasteiger partial charge in [-0.1, -0.05) is 12.1 Å². The van der Waals surface area contributed by atoms with Crippen LogP contribution in [0.5, 0.6) is 0 Å². The zero-order valence-electron chi connectivity index (χ0n) is 10.3.